The first-order chi connectivity index (χ1) is 11.3. The first-order valence-corrected chi connectivity index (χ1v) is 8.50. The van der Waals surface area contributed by atoms with Crippen molar-refractivity contribution in [3.05, 3.63) is 35.9 Å². The Morgan fingerprint density at radius 3 is 2.50 bits per heavy atom. The van der Waals surface area contributed by atoms with E-state index in [1.54, 1.807) is 0 Å². The van der Waals surface area contributed by atoms with Gasteiger partial charge in [-0.2, -0.15) is 0 Å². The minimum atomic E-state index is -0.478. The molecule has 1 fully saturated rings. The standard InChI is InChI=1S/C19H28N2O3/c1-19(2,3)24-18(23)20-12-4-5-15-6-8-16(9-7-15)21-13-10-17(22)11-14-21/h4-9,17,22H,10-14H2,1-3H3,(H,20,23). The van der Waals surface area contributed by atoms with Gasteiger partial charge in [0.1, 0.15) is 5.60 Å². The maximum atomic E-state index is 11.5. The van der Waals surface area contributed by atoms with E-state index >= 15 is 0 Å². The molecule has 1 aliphatic rings. The van der Waals surface area contributed by atoms with E-state index < -0.39 is 11.7 Å². The molecule has 1 heterocycles. The summed E-state index contributed by atoms with van der Waals surface area (Å²) in [4.78, 5) is 13.8. The monoisotopic (exact) mass is 332 g/mol. The molecule has 2 N–H and O–H groups in total. The second-order valence-corrected chi connectivity index (χ2v) is 7.09. The molecule has 0 saturated carbocycles. The van der Waals surface area contributed by atoms with Gasteiger partial charge >= 0.3 is 6.09 Å². The van der Waals surface area contributed by atoms with Gasteiger partial charge in [0.15, 0.2) is 0 Å². The summed E-state index contributed by atoms with van der Waals surface area (Å²) in [5.74, 6) is 0. The lowest BCUT2D eigenvalue weighted by atomic mass is 10.1. The summed E-state index contributed by atoms with van der Waals surface area (Å²) in [5, 5.41) is 12.3. The molecule has 0 radical (unpaired) electrons. The van der Waals surface area contributed by atoms with Gasteiger partial charge in [0.25, 0.3) is 0 Å². The lowest BCUT2D eigenvalue weighted by Crippen LogP contribution is -2.35. The van der Waals surface area contributed by atoms with Crippen LogP contribution in [0.2, 0.25) is 0 Å². The zero-order valence-corrected chi connectivity index (χ0v) is 14.8. The van der Waals surface area contributed by atoms with Crippen molar-refractivity contribution in [2.45, 2.75) is 45.3 Å². The number of carbonyl (C=O) groups excluding carboxylic acids is 1. The van der Waals surface area contributed by atoms with Crippen molar-refractivity contribution in [2.75, 3.05) is 24.5 Å². The largest absolute Gasteiger partial charge is 0.444 e. The lowest BCUT2D eigenvalue weighted by molar-refractivity contribution is 0.0534. The van der Waals surface area contributed by atoms with Gasteiger partial charge in [-0.15, -0.1) is 0 Å². The molecule has 2 rings (SSSR count). The minimum Gasteiger partial charge on any atom is -0.444 e. The second kappa shape index (κ2) is 8.20. The van der Waals surface area contributed by atoms with Crippen LogP contribution in [-0.2, 0) is 4.74 Å². The molecule has 0 atom stereocenters. The summed E-state index contributed by atoms with van der Waals surface area (Å²) in [5.41, 5.74) is 1.79. The van der Waals surface area contributed by atoms with E-state index in [1.807, 2.05) is 32.9 Å². The van der Waals surface area contributed by atoms with E-state index in [0.29, 0.717) is 6.54 Å². The zero-order valence-electron chi connectivity index (χ0n) is 14.8. The highest BCUT2D eigenvalue weighted by molar-refractivity contribution is 5.68. The predicted molar refractivity (Wildman–Crippen MR) is 97.2 cm³/mol. The molecule has 1 amide bonds. The number of rotatable bonds is 4. The van der Waals surface area contributed by atoms with Gasteiger partial charge in [-0.05, 0) is 51.3 Å². The molecule has 0 aliphatic carbocycles. The predicted octanol–water partition coefficient (Wildman–Crippen LogP) is 3.19. The van der Waals surface area contributed by atoms with Crippen LogP contribution in [0.4, 0.5) is 10.5 Å². The number of carbonyl (C=O) groups is 1. The lowest BCUT2D eigenvalue weighted by Gasteiger charge is -2.31. The molecule has 5 heteroatoms. The normalized spacial score (nSPS) is 16.4. The third kappa shape index (κ3) is 6.24. The Balaban J connectivity index is 1.78. The topological polar surface area (TPSA) is 61.8 Å². The Morgan fingerprint density at radius 2 is 1.92 bits per heavy atom. The van der Waals surface area contributed by atoms with E-state index in [2.05, 4.69) is 34.5 Å². The van der Waals surface area contributed by atoms with E-state index in [1.165, 1.54) is 5.69 Å². The number of ether oxygens (including phenoxy) is 1. The van der Waals surface area contributed by atoms with Crippen molar-refractivity contribution in [1.82, 2.24) is 5.32 Å². The number of amides is 1. The fourth-order valence-corrected chi connectivity index (χ4v) is 2.57. The SMILES string of the molecule is CC(C)(C)OC(=O)NCC=Cc1ccc(N2CCC(O)CC2)cc1. The number of alkyl carbamates (subject to hydrolysis) is 1. The van der Waals surface area contributed by atoms with Crippen LogP contribution >= 0.6 is 0 Å². The summed E-state index contributed by atoms with van der Waals surface area (Å²) < 4.78 is 5.17. The van der Waals surface area contributed by atoms with Gasteiger partial charge in [0.2, 0.25) is 0 Å². The zero-order chi connectivity index (χ0) is 17.6. The van der Waals surface area contributed by atoms with E-state index in [4.69, 9.17) is 4.74 Å². The van der Waals surface area contributed by atoms with Crippen LogP contribution < -0.4 is 10.2 Å². The molecule has 0 bridgehead atoms. The van der Waals surface area contributed by atoms with E-state index in [0.717, 1.165) is 31.5 Å². The highest BCUT2D eigenvalue weighted by Crippen LogP contribution is 2.20. The molecule has 132 valence electrons. The Kier molecular flexibility index (Phi) is 6.26. The highest BCUT2D eigenvalue weighted by Gasteiger charge is 2.17. The maximum absolute atomic E-state index is 11.5. The maximum Gasteiger partial charge on any atom is 0.407 e. The third-order valence-electron chi connectivity index (χ3n) is 3.80. The summed E-state index contributed by atoms with van der Waals surface area (Å²) in [7, 11) is 0. The molecular weight excluding hydrogens is 304 g/mol. The average molecular weight is 332 g/mol. The van der Waals surface area contributed by atoms with Crippen LogP contribution in [0.5, 0.6) is 0 Å². The van der Waals surface area contributed by atoms with Gasteiger partial charge in [-0.3, -0.25) is 0 Å². The van der Waals surface area contributed by atoms with Crippen LogP contribution in [0.25, 0.3) is 6.08 Å². The molecule has 0 aromatic heterocycles. The first kappa shape index (κ1) is 18.3. The van der Waals surface area contributed by atoms with Gasteiger partial charge < -0.3 is 20.1 Å². The molecular formula is C19H28N2O3. The van der Waals surface area contributed by atoms with Crippen LogP contribution in [0.3, 0.4) is 0 Å². The van der Waals surface area contributed by atoms with Crippen molar-refractivity contribution in [1.29, 1.82) is 0 Å². The number of hydrogen-bond acceptors (Lipinski definition) is 4. The number of aliphatic hydroxyl groups excluding tert-OH is 1. The second-order valence-electron chi connectivity index (χ2n) is 7.09. The molecule has 1 saturated heterocycles. The Labute approximate surface area is 144 Å². The molecule has 1 aromatic carbocycles. The van der Waals surface area contributed by atoms with Crippen LogP contribution in [0.15, 0.2) is 30.3 Å². The fourth-order valence-electron chi connectivity index (χ4n) is 2.57. The van der Waals surface area contributed by atoms with E-state index in [-0.39, 0.29) is 6.10 Å². The molecule has 0 spiro atoms. The number of nitrogens with zero attached hydrogens (tertiary/aromatic N) is 1. The Morgan fingerprint density at radius 1 is 1.29 bits per heavy atom. The quantitative estimate of drug-likeness (QED) is 0.889. The first-order valence-electron chi connectivity index (χ1n) is 8.50. The van der Waals surface area contributed by atoms with Gasteiger partial charge in [0.05, 0.1) is 6.10 Å². The number of anilines is 1. The van der Waals surface area contributed by atoms with Crippen LogP contribution in [-0.4, -0.2) is 42.5 Å². The van der Waals surface area contributed by atoms with Gasteiger partial charge in [0, 0.05) is 25.3 Å². The van der Waals surface area contributed by atoms with Gasteiger partial charge in [-0.25, -0.2) is 4.79 Å². The summed E-state index contributed by atoms with van der Waals surface area (Å²) in [6, 6.07) is 8.31. The number of piperidine rings is 1. The van der Waals surface area contributed by atoms with E-state index in [9.17, 15) is 9.90 Å². The van der Waals surface area contributed by atoms with Crippen molar-refractivity contribution >= 4 is 17.9 Å². The highest BCUT2D eigenvalue weighted by atomic mass is 16.6. The number of hydrogen-bond donors (Lipinski definition) is 2. The third-order valence-corrected chi connectivity index (χ3v) is 3.80. The average Bonchev–Trinajstić information content (AvgIpc) is 2.51. The molecule has 1 aromatic rings. The minimum absolute atomic E-state index is 0.152. The Hall–Kier alpha value is -2.01. The summed E-state index contributed by atoms with van der Waals surface area (Å²) in [6.45, 7) is 7.75. The smallest absolute Gasteiger partial charge is 0.407 e. The van der Waals surface area contributed by atoms with Crippen LogP contribution in [0.1, 0.15) is 39.2 Å². The van der Waals surface area contributed by atoms with Gasteiger partial charge in [-0.1, -0.05) is 24.3 Å². The molecule has 24 heavy (non-hydrogen) atoms. The van der Waals surface area contributed by atoms with Crippen molar-refractivity contribution in [3.63, 3.8) is 0 Å². The molecule has 0 unspecified atom stereocenters. The van der Waals surface area contributed by atoms with Crippen molar-refractivity contribution in [2.24, 2.45) is 0 Å². The summed E-state index contributed by atoms with van der Waals surface area (Å²) in [6.07, 6.45) is 4.98. The number of benzene rings is 1. The number of nitrogens with one attached hydrogen (secondary N) is 1. The van der Waals surface area contributed by atoms with Crippen LogP contribution in [0, 0.1) is 0 Å². The van der Waals surface area contributed by atoms with Crippen molar-refractivity contribution < 1.29 is 14.6 Å². The van der Waals surface area contributed by atoms with Crippen molar-refractivity contribution in [3.8, 4) is 0 Å². The fraction of sp³-hybridized carbons (Fsp3) is 0.526. The Bertz CT molecular complexity index is 553. The molecule has 1 aliphatic heterocycles. The molecule has 5 nitrogen and oxygen atoms in total. The number of aliphatic hydroxyl groups is 1. The summed E-state index contributed by atoms with van der Waals surface area (Å²) >= 11 is 0.